The van der Waals surface area contributed by atoms with Gasteiger partial charge in [0.1, 0.15) is 12.0 Å². The van der Waals surface area contributed by atoms with Gasteiger partial charge in [-0.1, -0.05) is 25.5 Å². The summed E-state index contributed by atoms with van der Waals surface area (Å²) in [7, 11) is 0. The molecule has 0 fully saturated rings. The van der Waals surface area contributed by atoms with Crippen LogP contribution in [0.1, 0.15) is 25.3 Å². The van der Waals surface area contributed by atoms with Crippen LogP contribution in [0.15, 0.2) is 55.1 Å². The van der Waals surface area contributed by atoms with Gasteiger partial charge in [0.15, 0.2) is 11.6 Å². The summed E-state index contributed by atoms with van der Waals surface area (Å²) in [5, 5.41) is 6.43. The second kappa shape index (κ2) is 8.10. The largest absolute Gasteiger partial charge is 0.393 e. The number of pyridine rings is 1. The quantitative estimate of drug-likeness (QED) is 0.597. The summed E-state index contributed by atoms with van der Waals surface area (Å²) in [6.07, 6.45) is 8.41. The van der Waals surface area contributed by atoms with Gasteiger partial charge in [0.2, 0.25) is 0 Å². The minimum absolute atomic E-state index is 0.467. The van der Waals surface area contributed by atoms with Crippen molar-refractivity contribution in [2.24, 2.45) is 0 Å². The highest BCUT2D eigenvalue weighted by molar-refractivity contribution is 5.80. The second-order valence-electron chi connectivity index (χ2n) is 5.77. The first kappa shape index (κ1) is 16.7. The van der Waals surface area contributed by atoms with Gasteiger partial charge in [-0.25, -0.2) is 9.97 Å². The Morgan fingerprint density at radius 1 is 0.880 bits per heavy atom. The van der Waals surface area contributed by atoms with E-state index in [9.17, 15) is 0 Å². The number of unbranched alkanes of at least 4 members (excludes halogenated alkanes) is 1. The molecule has 0 saturated carbocycles. The summed E-state index contributed by atoms with van der Waals surface area (Å²) in [5.74, 6) is 1.14. The number of aryl methyl sites for hydroxylation is 1. The first-order valence-electron chi connectivity index (χ1n) is 8.39. The van der Waals surface area contributed by atoms with Crippen LogP contribution in [0.3, 0.4) is 0 Å². The third kappa shape index (κ3) is 4.44. The van der Waals surface area contributed by atoms with Crippen molar-refractivity contribution in [1.29, 1.82) is 0 Å². The molecule has 0 bridgehead atoms. The highest BCUT2D eigenvalue weighted by atomic mass is 15.1. The molecular weight excluding hydrogens is 312 g/mol. The molecule has 0 aliphatic carbocycles. The Kier molecular flexibility index (Phi) is 5.41. The van der Waals surface area contributed by atoms with E-state index in [-0.39, 0.29) is 0 Å². The van der Waals surface area contributed by atoms with Crippen LogP contribution in [0.5, 0.6) is 0 Å². The van der Waals surface area contributed by atoms with Crippen molar-refractivity contribution in [2.45, 2.75) is 26.2 Å². The summed E-state index contributed by atoms with van der Waals surface area (Å²) in [6, 6.07) is 12.1. The molecule has 0 aliphatic heterocycles. The van der Waals surface area contributed by atoms with Gasteiger partial charge in [-0.3, -0.25) is 4.98 Å². The SMILES string of the molecule is CCCCc1ccc(Nc2ncnc(Nc3ccncc3)c2N)cc1. The Morgan fingerprint density at radius 2 is 1.48 bits per heavy atom. The number of nitrogen functional groups attached to an aromatic ring is 1. The van der Waals surface area contributed by atoms with Crippen molar-refractivity contribution in [3.63, 3.8) is 0 Å². The molecule has 6 nitrogen and oxygen atoms in total. The predicted molar refractivity (Wildman–Crippen MR) is 102 cm³/mol. The van der Waals surface area contributed by atoms with Crippen LogP contribution >= 0.6 is 0 Å². The molecule has 3 rings (SSSR count). The van der Waals surface area contributed by atoms with Crippen LogP contribution in [0, 0.1) is 0 Å². The molecule has 128 valence electrons. The molecule has 2 aromatic heterocycles. The van der Waals surface area contributed by atoms with Gasteiger partial charge in [-0.05, 0) is 42.7 Å². The van der Waals surface area contributed by atoms with E-state index < -0.39 is 0 Å². The molecule has 0 spiro atoms. The molecule has 1 aromatic carbocycles. The lowest BCUT2D eigenvalue weighted by molar-refractivity contribution is 0.795. The van der Waals surface area contributed by atoms with E-state index in [0.717, 1.165) is 17.8 Å². The maximum absolute atomic E-state index is 6.21. The van der Waals surface area contributed by atoms with Crippen LogP contribution in [0.2, 0.25) is 0 Å². The number of nitrogens with one attached hydrogen (secondary N) is 2. The molecule has 0 aliphatic rings. The molecule has 0 saturated heterocycles. The number of benzene rings is 1. The Hall–Kier alpha value is -3.15. The zero-order valence-corrected chi connectivity index (χ0v) is 14.2. The monoisotopic (exact) mass is 334 g/mol. The number of hydrogen-bond donors (Lipinski definition) is 3. The molecule has 25 heavy (non-hydrogen) atoms. The highest BCUT2D eigenvalue weighted by Crippen LogP contribution is 2.28. The van der Waals surface area contributed by atoms with Crippen molar-refractivity contribution in [1.82, 2.24) is 15.0 Å². The Morgan fingerprint density at radius 3 is 2.08 bits per heavy atom. The van der Waals surface area contributed by atoms with E-state index in [2.05, 4.69) is 44.6 Å². The number of anilines is 5. The van der Waals surface area contributed by atoms with E-state index in [4.69, 9.17) is 5.73 Å². The van der Waals surface area contributed by atoms with E-state index in [1.165, 1.54) is 24.7 Å². The normalized spacial score (nSPS) is 10.4. The fourth-order valence-electron chi connectivity index (χ4n) is 2.44. The minimum atomic E-state index is 0.467. The van der Waals surface area contributed by atoms with E-state index in [1.54, 1.807) is 12.4 Å². The fourth-order valence-corrected chi connectivity index (χ4v) is 2.44. The van der Waals surface area contributed by atoms with Crippen molar-refractivity contribution in [2.75, 3.05) is 16.4 Å². The van der Waals surface area contributed by atoms with Crippen molar-refractivity contribution in [3.8, 4) is 0 Å². The van der Waals surface area contributed by atoms with Crippen LogP contribution in [-0.2, 0) is 6.42 Å². The van der Waals surface area contributed by atoms with Gasteiger partial charge >= 0.3 is 0 Å². The highest BCUT2D eigenvalue weighted by Gasteiger charge is 2.08. The van der Waals surface area contributed by atoms with Crippen LogP contribution < -0.4 is 16.4 Å². The maximum Gasteiger partial charge on any atom is 0.159 e. The van der Waals surface area contributed by atoms with Crippen LogP contribution in [0.4, 0.5) is 28.7 Å². The second-order valence-corrected chi connectivity index (χ2v) is 5.77. The van der Waals surface area contributed by atoms with E-state index in [0.29, 0.717) is 17.3 Å². The van der Waals surface area contributed by atoms with Crippen molar-refractivity contribution >= 4 is 28.7 Å². The Bertz CT molecular complexity index is 802. The molecule has 6 heteroatoms. The summed E-state index contributed by atoms with van der Waals surface area (Å²) < 4.78 is 0. The number of aromatic nitrogens is 3. The molecule has 0 radical (unpaired) electrons. The summed E-state index contributed by atoms with van der Waals surface area (Å²) in [5.41, 5.74) is 9.82. The zero-order chi connectivity index (χ0) is 17.5. The predicted octanol–water partition coefficient (Wildman–Crippen LogP) is 4.28. The smallest absolute Gasteiger partial charge is 0.159 e. The van der Waals surface area contributed by atoms with Crippen LogP contribution in [0.25, 0.3) is 0 Å². The van der Waals surface area contributed by atoms with Gasteiger partial charge in [0.05, 0.1) is 0 Å². The maximum atomic E-state index is 6.21. The lowest BCUT2D eigenvalue weighted by Gasteiger charge is -2.12. The van der Waals surface area contributed by atoms with Gasteiger partial charge in [-0.2, -0.15) is 0 Å². The molecule has 0 unspecified atom stereocenters. The third-order valence-corrected chi connectivity index (χ3v) is 3.86. The molecule has 0 atom stereocenters. The molecule has 2 heterocycles. The fraction of sp³-hybridized carbons (Fsp3) is 0.211. The number of nitrogens with zero attached hydrogens (tertiary/aromatic N) is 3. The molecule has 4 N–H and O–H groups in total. The first-order valence-corrected chi connectivity index (χ1v) is 8.39. The average Bonchev–Trinajstić information content (AvgIpc) is 2.65. The standard InChI is InChI=1S/C19H22N6/c1-2-3-4-14-5-7-15(8-6-14)24-18-17(20)19(23-13-22-18)25-16-9-11-21-12-10-16/h5-13H,2-4,20H2,1H3,(H2,21,22,23,24,25). The van der Waals surface area contributed by atoms with Gasteiger partial charge in [0.25, 0.3) is 0 Å². The molecule has 3 aromatic rings. The number of hydrogen-bond acceptors (Lipinski definition) is 6. The molecule has 0 amide bonds. The van der Waals surface area contributed by atoms with Gasteiger partial charge in [0, 0.05) is 23.8 Å². The number of nitrogens with two attached hydrogens (primary N) is 1. The van der Waals surface area contributed by atoms with Crippen LogP contribution in [-0.4, -0.2) is 15.0 Å². The summed E-state index contributed by atoms with van der Waals surface area (Å²) >= 11 is 0. The molecular formula is C19H22N6. The third-order valence-electron chi connectivity index (χ3n) is 3.86. The Labute approximate surface area is 147 Å². The zero-order valence-electron chi connectivity index (χ0n) is 14.2. The first-order chi connectivity index (χ1) is 12.3. The Balaban J connectivity index is 1.73. The summed E-state index contributed by atoms with van der Waals surface area (Å²) in [6.45, 7) is 2.20. The van der Waals surface area contributed by atoms with Crippen molar-refractivity contribution < 1.29 is 0 Å². The lowest BCUT2D eigenvalue weighted by Crippen LogP contribution is -2.05. The summed E-state index contributed by atoms with van der Waals surface area (Å²) in [4.78, 5) is 12.5. The van der Waals surface area contributed by atoms with E-state index >= 15 is 0 Å². The van der Waals surface area contributed by atoms with Gasteiger partial charge < -0.3 is 16.4 Å². The minimum Gasteiger partial charge on any atom is -0.393 e. The van der Waals surface area contributed by atoms with Crippen molar-refractivity contribution in [3.05, 3.63) is 60.7 Å². The lowest BCUT2D eigenvalue weighted by atomic mass is 10.1. The average molecular weight is 334 g/mol. The van der Waals surface area contributed by atoms with E-state index in [1.807, 2.05) is 24.3 Å². The van der Waals surface area contributed by atoms with Gasteiger partial charge in [-0.15, -0.1) is 0 Å². The topological polar surface area (TPSA) is 88.8 Å². The number of rotatable bonds is 7.